The van der Waals surface area contributed by atoms with E-state index < -0.39 is 52.0 Å². The summed E-state index contributed by atoms with van der Waals surface area (Å²) >= 11 is 1.33. The Balaban J connectivity index is 0.00000363. The van der Waals surface area contributed by atoms with E-state index in [1.165, 1.54) is 29.8 Å². The van der Waals surface area contributed by atoms with E-state index in [-0.39, 0.29) is 29.6 Å². The molecule has 0 saturated carbocycles. The second-order valence-corrected chi connectivity index (χ2v) is 9.62. The molecule has 2 aliphatic rings. The quantitative estimate of drug-likeness (QED) is 0.114. The molecule has 0 unspecified atom stereocenters. The van der Waals surface area contributed by atoms with Crippen molar-refractivity contribution >= 4 is 35.5 Å². The Hall–Kier alpha value is -2.01. The van der Waals surface area contributed by atoms with E-state index in [1.807, 2.05) is 0 Å². The van der Waals surface area contributed by atoms with Crippen molar-refractivity contribution in [3.63, 3.8) is 0 Å². The smallest absolute Gasteiger partial charge is 0.860 e. The minimum absolute atomic E-state index is 0. The summed E-state index contributed by atoms with van der Waals surface area (Å²) in [5.74, 6) is -2.71. The molecule has 0 aromatic heterocycles. The number of fused-ring (bicyclic) bond motifs is 1. The zero-order valence-corrected chi connectivity index (χ0v) is 21.4. The molecule has 0 bridgehead atoms. The number of carboxylic acid groups (broad SMARTS) is 1. The fourth-order valence-corrected chi connectivity index (χ4v) is 5.37. The Bertz CT molecular complexity index is 952. The van der Waals surface area contributed by atoms with Crippen molar-refractivity contribution in [1.82, 2.24) is 10.2 Å². The number of carbonyl (C=O) groups is 3. The number of rotatable bonds is 7. The molecule has 0 radical (unpaired) electrons. The van der Waals surface area contributed by atoms with E-state index in [9.17, 15) is 24.6 Å². The summed E-state index contributed by atoms with van der Waals surface area (Å²) in [5.41, 5.74) is 1.01. The summed E-state index contributed by atoms with van der Waals surface area (Å²) in [6, 6.07) is 5.97. The SMILES string of the molecule is COC(=O)/C=C(/C)N[C@@H](C([O-])=N[C@@H]1C(=O)N2[C@@H]1SC(C)(C)[C@@H]2C(=O)O)c1ccccc1.[Na+]. The van der Waals surface area contributed by atoms with Crippen molar-refractivity contribution < 1.29 is 58.9 Å². The van der Waals surface area contributed by atoms with Crippen molar-refractivity contribution in [3.8, 4) is 0 Å². The molecule has 32 heavy (non-hydrogen) atoms. The maximum Gasteiger partial charge on any atom is 1.00 e. The standard InChI is InChI=1S/C21H25N3O6S.Na/c1-11(10-13(25)30-4)22-14(12-8-6-5-7-9-12)17(26)23-15-18(27)24-16(20(28)29)21(2,3)31-19(15)24;/h5-10,14-16,19,22H,1-4H3,(H,23,26)(H,28,29);/q;+1/p-1/b11-10-;/t14-,15-,16+,19-;/m1./s1. The van der Waals surface area contributed by atoms with Gasteiger partial charge in [0, 0.05) is 16.5 Å². The molecule has 1 amide bonds. The number of esters is 1. The average Bonchev–Trinajstić information content (AvgIpc) is 2.98. The van der Waals surface area contributed by atoms with Crippen LogP contribution in [0.15, 0.2) is 47.1 Å². The molecule has 3 rings (SSSR count). The molecular weight excluding hydrogens is 445 g/mol. The second kappa shape index (κ2) is 10.3. The van der Waals surface area contributed by atoms with Crippen molar-refractivity contribution in [2.24, 2.45) is 4.99 Å². The van der Waals surface area contributed by atoms with Gasteiger partial charge in [-0.2, -0.15) is 0 Å². The molecule has 1 aromatic rings. The number of nitrogens with zero attached hydrogens (tertiary/aromatic N) is 2. The summed E-state index contributed by atoms with van der Waals surface area (Å²) in [6.45, 7) is 5.13. The summed E-state index contributed by atoms with van der Waals surface area (Å²) in [4.78, 5) is 41.3. The van der Waals surface area contributed by atoms with E-state index in [4.69, 9.17) is 0 Å². The molecule has 4 atom stereocenters. The largest absolute Gasteiger partial charge is 1.00 e. The van der Waals surface area contributed by atoms with E-state index in [2.05, 4.69) is 15.0 Å². The van der Waals surface area contributed by atoms with Crippen LogP contribution in [0.25, 0.3) is 0 Å². The number of β-lactam (4-membered cyclic amide) rings is 1. The molecule has 2 heterocycles. The molecular formula is C21H24N3NaO6S. The molecule has 2 aliphatic heterocycles. The Labute approximate surface area is 212 Å². The number of methoxy groups -OCH3 is 1. The van der Waals surface area contributed by atoms with E-state index in [0.29, 0.717) is 11.3 Å². The number of aliphatic carboxylic acids is 1. The summed E-state index contributed by atoms with van der Waals surface area (Å²) in [6.07, 6.45) is 1.21. The number of aliphatic imine (C=N–C) groups is 1. The first-order chi connectivity index (χ1) is 14.6. The van der Waals surface area contributed by atoms with Crippen molar-refractivity contribution in [3.05, 3.63) is 47.7 Å². The third-order valence-corrected chi connectivity index (χ3v) is 6.76. The maximum absolute atomic E-state index is 13.1. The average molecular weight is 469 g/mol. The van der Waals surface area contributed by atoms with Gasteiger partial charge in [-0.15, -0.1) is 11.8 Å². The van der Waals surface area contributed by atoms with Crippen LogP contribution < -0.4 is 40.0 Å². The Morgan fingerprint density at radius 1 is 1.34 bits per heavy atom. The van der Waals surface area contributed by atoms with E-state index >= 15 is 0 Å². The second-order valence-electron chi connectivity index (χ2n) is 7.85. The van der Waals surface area contributed by atoms with Gasteiger partial charge in [0.25, 0.3) is 5.91 Å². The minimum atomic E-state index is -1.08. The number of benzene rings is 1. The zero-order chi connectivity index (χ0) is 22.9. The molecule has 2 saturated heterocycles. The van der Waals surface area contributed by atoms with Gasteiger partial charge in [-0.1, -0.05) is 30.3 Å². The molecule has 1 aromatic carbocycles. The predicted octanol–water partition coefficient (Wildman–Crippen LogP) is -2.33. The summed E-state index contributed by atoms with van der Waals surface area (Å²) < 4.78 is 3.91. The van der Waals surface area contributed by atoms with Gasteiger partial charge >= 0.3 is 41.5 Å². The monoisotopic (exact) mass is 469 g/mol. The molecule has 0 spiro atoms. The zero-order valence-electron chi connectivity index (χ0n) is 18.6. The number of carboxylic acids is 1. The third-order valence-electron chi connectivity index (χ3n) is 5.20. The molecule has 2 N–H and O–H groups in total. The number of hydrogen-bond acceptors (Lipinski definition) is 8. The van der Waals surface area contributed by atoms with Gasteiger partial charge < -0.3 is 25.2 Å². The summed E-state index contributed by atoms with van der Waals surface area (Å²) in [7, 11) is 1.25. The van der Waals surface area contributed by atoms with Gasteiger partial charge in [0.15, 0.2) is 6.04 Å². The number of nitrogens with one attached hydrogen (secondary N) is 1. The van der Waals surface area contributed by atoms with Gasteiger partial charge in [0.1, 0.15) is 11.4 Å². The number of allylic oxidation sites excluding steroid dienone is 1. The van der Waals surface area contributed by atoms with Crippen LogP contribution in [-0.4, -0.2) is 63.1 Å². The number of ether oxygens (including phenoxy) is 1. The Kier molecular flexibility index (Phi) is 8.44. The van der Waals surface area contributed by atoms with Gasteiger partial charge in [-0.25, -0.2) is 9.59 Å². The summed E-state index contributed by atoms with van der Waals surface area (Å²) in [5, 5.41) is 25.1. The number of carbonyl (C=O) groups excluding carboxylic acids is 2. The fraction of sp³-hybridized carbons (Fsp3) is 0.429. The third kappa shape index (κ3) is 5.14. The maximum atomic E-state index is 13.1. The Morgan fingerprint density at radius 3 is 2.53 bits per heavy atom. The van der Waals surface area contributed by atoms with Crippen LogP contribution in [-0.2, 0) is 19.1 Å². The van der Waals surface area contributed by atoms with Crippen molar-refractivity contribution in [2.75, 3.05) is 7.11 Å². The van der Waals surface area contributed by atoms with Crippen LogP contribution in [0, 0.1) is 0 Å². The van der Waals surface area contributed by atoms with Gasteiger partial charge in [-0.3, -0.25) is 9.79 Å². The molecule has 11 heteroatoms. The van der Waals surface area contributed by atoms with Gasteiger partial charge in [0.2, 0.25) is 0 Å². The number of hydrogen-bond donors (Lipinski definition) is 2. The van der Waals surface area contributed by atoms with Crippen molar-refractivity contribution in [2.45, 2.75) is 49.0 Å². The van der Waals surface area contributed by atoms with Crippen LogP contribution >= 0.6 is 11.8 Å². The van der Waals surface area contributed by atoms with Gasteiger partial charge in [-0.05, 0) is 32.2 Å². The first-order valence-corrected chi connectivity index (χ1v) is 10.5. The normalized spacial score (nSPS) is 25.2. The van der Waals surface area contributed by atoms with Crippen LogP contribution in [0.5, 0.6) is 0 Å². The molecule has 166 valence electrons. The van der Waals surface area contributed by atoms with Crippen LogP contribution in [0.3, 0.4) is 0 Å². The fourth-order valence-electron chi connectivity index (χ4n) is 3.76. The minimum Gasteiger partial charge on any atom is -0.860 e. The van der Waals surface area contributed by atoms with E-state index in [0.717, 1.165) is 0 Å². The van der Waals surface area contributed by atoms with E-state index in [1.54, 1.807) is 51.1 Å². The number of amides is 1. The van der Waals surface area contributed by atoms with Crippen LogP contribution in [0.4, 0.5) is 0 Å². The van der Waals surface area contributed by atoms with Crippen LogP contribution in [0.1, 0.15) is 32.4 Å². The van der Waals surface area contributed by atoms with Crippen molar-refractivity contribution in [1.29, 1.82) is 0 Å². The number of thioether (sulfide) groups is 1. The molecule has 2 fully saturated rings. The first-order valence-electron chi connectivity index (χ1n) is 9.62. The van der Waals surface area contributed by atoms with Gasteiger partial charge in [0.05, 0.1) is 13.2 Å². The topological polar surface area (TPSA) is 131 Å². The predicted molar refractivity (Wildman–Crippen MR) is 113 cm³/mol. The molecule has 9 nitrogen and oxygen atoms in total. The first kappa shape index (κ1) is 26.2. The molecule has 0 aliphatic carbocycles. The Morgan fingerprint density at radius 2 is 1.97 bits per heavy atom. The van der Waals surface area contributed by atoms with Crippen LogP contribution in [0.2, 0.25) is 0 Å².